The molecule has 0 saturated carbocycles. The molecule has 1 aliphatic heterocycles. The van der Waals surface area contributed by atoms with Gasteiger partial charge in [0.1, 0.15) is 11.6 Å². The molecule has 1 fully saturated rings. The van der Waals surface area contributed by atoms with Crippen LogP contribution in [-0.2, 0) is 7.05 Å². The topological polar surface area (TPSA) is 70.9 Å². The summed E-state index contributed by atoms with van der Waals surface area (Å²) < 4.78 is 1.95. The predicted molar refractivity (Wildman–Crippen MR) is 91.1 cm³/mol. The van der Waals surface area contributed by atoms with Gasteiger partial charge in [0.25, 0.3) is 0 Å². The second kappa shape index (κ2) is 5.85. The minimum Gasteiger partial charge on any atom is -0.369 e. The van der Waals surface area contributed by atoms with Crippen LogP contribution in [0.4, 0.5) is 17.3 Å². The van der Waals surface area contributed by atoms with Crippen molar-refractivity contribution in [3.8, 4) is 0 Å². The van der Waals surface area contributed by atoms with Gasteiger partial charge in [-0.1, -0.05) is 0 Å². The highest BCUT2D eigenvalue weighted by Gasteiger charge is 2.11. The number of imidazole rings is 1. The number of hydrogen-bond donors (Lipinski definition) is 2. The summed E-state index contributed by atoms with van der Waals surface area (Å²) in [6, 6.07) is 6.05. The van der Waals surface area contributed by atoms with Crippen molar-refractivity contribution in [3.05, 3.63) is 36.9 Å². The zero-order chi connectivity index (χ0) is 15.6. The smallest absolute Gasteiger partial charge is 0.133 e. The first-order valence-corrected chi connectivity index (χ1v) is 7.75. The highest BCUT2D eigenvalue weighted by Crippen LogP contribution is 2.21. The summed E-state index contributed by atoms with van der Waals surface area (Å²) in [7, 11) is 1.96. The maximum absolute atomic E-state index is 4.44. The van der Waals surface area contributed by atoms with Crippen LogP contribution in [0, 0.1) is 0 Å². The predicted octanol–water partition coefficient (Wildman–Crippen LogP) is 1.52. The SMILES string of the molecule is Cn1cnc2cc(Nc3cc(N4CCNCC4)ccn3)ncc21. The van der Waals surface area contributed by atoms with Gasteiger partial charge in [0, 0.05) is 57.2 Å². The van der Waals surface area contributed by atoms with Crippen molar-refractivity contribution in [2.75, 3.05) is 36.4 Å². The van der Waals surface area contributed by atoms with Crippen LogP contribution in [0.15, 0.2) is 36.9 Å². The lowest BCUT2D eigenvalue weighted by Gasteiger charge is -2.29. The molecule has 7 heteroatoms. The molecule has 23 heavy (non-hydrogen) atoms. The van der Waals surface area contributed by atoms with Crippen molar-refractivity contribution in [3.63, 3.8) is 0 Å². The van der Waals surface area contributed by atoms with E-state index < -0.39 is 0 Å². The standard InChI is InChI=1S/C16H19N7/c1-22-11-20-13-9-16(19-10-14(13)22)21-15-8-12(2-3-18-15)23-6-4-17-5-7-23/h2-3,8-11,17H,4-7H2,1H3,(H,18,19,21). The number of nitrogens with zero attached hydrogens (tertiary/aromatic N) is 5. The Hall–Kier alpha value is -2.67. The Bertz CT molecular complexity index is 820. The molecule has 4 heterocycles. The monoisotopic (exact) mass is 309 g/mol. The van der Waals surface area contributed by atoms with Crippen LogP contribution in [0.5, 0.6) is 0 Å². The fourth-order valence-electron chi connectivity index (χ4n) is 2.83. The first-order valence-electron chi connectivity index (χ1n) is 7.75. The van der Waals surface area contributed by atoms with Gasteiger partial charge in [-0.2, -0.15) is 0 Å². The van der Waals surface area contributed by atoms with Crippen molar-refractivity contribution in [2.45, 2.75) is 0 Å². The summed E-state index contributed by atoms with van der Waals surface area (Å²) in [4.78, 5) is 15.6. The third-order valence-electron chi connectivity index (χ3n) is 4.09. The Labute approximate surface area is 134 Å². The molecule has 0 atom stereocenters. The first-order chi connectivity index (χ1) is 11.3. The largest absolute Gasteiger partial charge is 0.369 e. The summed E-state index contributed by atoms with van der Waals surface area (Å²) in [5.74, 6) is 1.55. The molecule has 0 spiro atoms. The van der Waals surface area contributed by atoms with Gasteiger partial charge in [-0.15, -0.1) is 0 Å². The van der Waals surface area contributed by atoms with E-state index >= 15 is 0 Å². The van der Waals surface area contributed by atoms with Gasteiger partial charge in [0.05, 0.1) is 23.6 Å². The number of aryl methyl sites for hydroxylation is 1. The number of nitrogens with one attached hydrogen (secondary N) is 2. The van der Waals surface area contributed by atoms with Crippen molar-refractivity contribution >= 4 is 28.4 Å². The number of pyridine rings is 2. The third-order valence-corrected chi connectivity index (χ3v) is 4.09. The van der Waals surface area contributed by atoms with Crippen molar-refractivity contribution in [1.82, 2.24) is 24.8 Å². The van der Waals surface area contributed by atoms with E-state index in [2.05, 4.69) is 36.6 Å². The van der Waals surface area contributed by atoms with Crippen LogP contribution in [0.3, 0.4) is 0 Å². The second-order valence-corrected chi connectivity index (χ2v) is 5.68. The van der Waals surface area contributed by atoms with Gasteiger partial charge in [0.2, 0.25) is 0 Å². The summed E-state index contributed by atoms with van der Waals surface area (Å²) in [5.41, 5.74) is 3.12. The lowest BCUT2D eigenvalue weighted by atomic mass is 10.3. The molecule has 3 aromatic heterocycles. The van der Waals surface area contributed by atoms with Gasteiger partial charge in [-0.05, 0) is 6.07 Å². The molecule has 3 aromatic rings. The van der Waals surface area contributed by atoms with Gasteiger partial charge in [-0.3, -0.25) is 0 Å². The molecule has 0 aromatic carbocycles. The molecular formula is C16H19N7. The minimum atomic E-state index is 0.751. The average Bonchev–Trinajstić information content (AvgIpc) is 2.97. The lowest BCUT2D eigenvalue weighted by molar-refractivity contribution is 0.589. The summed E-state index contributed by atoms with van der Waals surface area (Å²) in [6.07, 6.45) is 5.45. The Morgan fingerprint density at radius 1 is 1.09 bits per heavy atom. The number of hydrogen-bond acceptors (Lipinski definition) is 6. The highest BCUT2D eigenvalue weighted by molar-refractivity contribution is 5.78. The maximum atomic E-state index is 4.44. The van der Waals surface area contributed by atoms with Crippen molar-refractivity contribution in [1.29, 1.82) is 0 Å². The van der Waals surface area contributed by atoms with E-state index in [1.54, 1.807) is 6.33 Å². The Morgan fingerprint density at radius 2 is 1.91 bits per heavy atom. The summed E-state index contributed by atoms with van der Waals surface area (Å²) >= 11 is 0. The van der Waals surface area contributed by atoms with Crippen LogP contribution >= 0.6 is 0 Å². The summed E-state index contributed by atoms with van der Waals surface area (Å²) in [5, 5.41) is 6.64. The second-order valence-electron chi connectivity index (χ2n) is 5.68. The van der Waals surface area contributed by atoms with E-state index in [9.17, 15) is 0 Å². The maximum Gasteiger partial charge on any atom is 0.133 e. The number of rotatable bonds is 3. The van der Waals surface area contributed by atoms with Crippen molar-refractivity contribution < 1.29 is 0 Å². The normalized spacial score (nSPS) is 15.1. The minimum absolute atomic E-state index is 0.751. The zero-order valence-corrected chi connectivity index (χ0v) is 13.0. The van der Waals surface area contributed by atoms with Crippen LogP contribution in [0.25, 0.3) is 11.0 Å². The highest BCUT2D eigenvalue weighted by atomic mass is 15.2. The van der Waals surface area contributed by atoms with Gasteiger partial charge < -0.3 is 20.1 Å². The summed E-state index contributed by atoms with van der Waals surface area (Å²) in [6.45, 7) is 4.06. The molecule has 0 aliphatic carbocycles. The van der Waals surface area contributed by atoms with E-state index in [-0.39, 0.29) is 0 Å². The number of fused-ring (bicyclic) bond motifs is 1. The van der Waals surface area contributed by atoms with E-state index in [0.717, 1.165) is 48.8 Å². The third kappa shape index (κ3) is 2.83. The van der Waals surface area contributed by atoms with Crippen LogP contribution < -0.4 is 15.5 Å². The van der Waals surface area contributed by atoms with Crippen LogP contribution in [0.1, 0.15) is 0 Å². The molecule has 0 amide bonds. The van der Waals surface area contributed by atoms with E-state index in [1.165, 1.54) is 5.69 Å². The van der Waals surface area contributed by atoms with E-state index in [4.69, 9.17) is 0 Å². The van der Waals surface area contributed by atoms with E-state index in [1.807, 2.05) is 36.1 Å². The van der Waals surface area contributed by atoms with Gasteiger partial charge in [-0.25, -0.2) is 15.0 Å². The lowest BCUT2D eigenvalue weighted by Crippen LogP contribution is -2.43. The molecule has 2 N–H and O–H groups in total. The quantitative estimate of drug-likeness (QED) is 0.764. The Kier molecular flexibility index (Phi) is 3.55. The Morgan fingerprint density at radius 3 is 2.78 bits per heavy atom. The van der Waals surface area contributed by atoms with Crippen LogP contribution in [0.2, 0.25) is 0 Å². The average molecular weight is 309 g/mol. The van der Waals surface area contributed by atoms with Gasteiger partial charge >= 0.3 is 0 Å². The fraction of sp³-hybridized carbons (Fsp3) is 0.312. The molecule has 7 nitrogen and oxygen atoms in total. The van der Waals surface area contributed by atoms with Gasteiger partial charge in [0.15, 0.2) is 0 Å². The van der Waals surface area contributed by atoms with Crippen molar-refractivity contribution in [2.24, 2.45) is 7.05 Å². The Balaban J connectivity index is 1.57. The zero-order valence-electron chi connectivity index (χ0n) is 13.0. The number of anilines is 3. The molecule has 0 bridgehead atoms. The number of piperazine rings is 1. The number of aromatic nitrogens is 4. The molecule has 1 saturated heterocycles. The molecule has 4 rings (SSSR count). The molecular weight excluding hydrogens is 290 g/mol. The molecule has 1 aliphatic rings. The first kappa shape index (κ1) is 14.0. The molecule has 118 valence electrons. The molecule has 0 radical (unpaired) electrons. The van der Waals surface area contributed by atoms with Crippen LogP contribution in [-0.4, -0.2) is 45.7 Å². The fourth-order valence-corrected chi connectivity index (χ4v) is 2.83. The van der Waals surface area contributed by atoms with E-state index in [0.29, 0.717) is 0 Å². The molecule has 0 unspecified atom stereocenters.